The molecule has 25 heavy (non-hydrogen) atoms. The van der Waals surface area contributed by atoms with Crippen molar-refractivity contribution in [3.63, 3.8) is 0 Å². The van der Waals surface area contributed by atoms with Gasteiger partial charge < -0.3 is 14.0 Å². The fraction of sp³-hybridized carbons (Fsp3) is 0.400. The molecule has 0 aromatic heterocycles. The Kier molecular flexibility index (Phi) is 4.65. The Labute approximate surface area is 149 Å². The molecule has 3 rings (SSSR count). The van der Waals surface area contributed by atoms with Crippen LogP contribution in [0.25, 0.3) is 0 Å². The third kappa shape index (κ3) is 3.44. The zero-order valence-corrected chi connectivity index (χ0v) is 15.4. The first-order valence-electron chi connectivity index (χ1n) is 8.53. The van der Waals surface area contributed by atoms with Crippen molar-refractivity contribution >= 4 is 12.6 Å². The van der Waals surface area contributed by atoms with Crippen LogP contribution >= 0.6 is 0 Å². The third-order valence-corrected chi connectivity index (χ3v) is 5.05. The van der Waals surface area contributed by atoms with Crippen molar-refractivity contribution < 1.29 is 18.4 Å². The minimum Gasteiger partial charge on any atom is -0.486 e. The first kappa shape index (κ1) is 18.0. The number of benzene rings is 2. The molecular formula is C20H24BFO3. The SMILES string of the molecule is Cc1ccc(B2OC(C)(C)C(C)(C)O2)c(OCc2ccccc2)c1F. The molecule has 1 heterocycles. The van der Waals surface area contributed by atoms with Gasteiger partial charge in [0.25, 0.3) is 0 Å². The third-order valence-electron chi connectivity index (χ3n) is 5.05. The highest BCUT2D eigenvalue weighted by atomic mass is 19.1. The summed E-state index contributed by atoms with van der Waals surface area (Å²) >= 11 is 0. The summed E-state index contributed by atoms with van der Waals surface area (Å²) in [7, 11) is -0.661. The molecule has 1 aliphatic heterocycles. The zero-order valence-electron chi connectivity index (χ0n) is 15.4. The van der Waals surface area contributed by atoms with E-state index in [-0.39, 0.29) is 18.2 Å². The van der Waals surface area contributed by atoms with Crippen LogP contribution in [0.1, 0.15) is 38.8 Å². The van der Waals surface area contributed by atoms with E-state index in [1.165, 1.54) is 0 Å². The lowest BCUT2D eigenvalue weighted by molar-refractivity contribution is 0.00578. The molecule has 0 bridgehead atoms. The molecule has 1 saturated heterocycles. The highest BCUT2D eigenvalue weighted by Gasteiger charge is 2.52. The number of hydrogen-bond donors (Lipinski definition) is 0. The summed E-state index contributed by atoms with van der Waals surface area (Å²) in [5, 5.41) is 0. The molecule has 0 aliphatic carbocycles. The van der Waals surface area contributed by atoms with Crippen LogP contribution < -0.4 is 10.2 Å². The van der Waals surface area contributed by atoms with Gasteiger partial charge in [-0.2, -0.15) is 0 Å². The van der Waals surface area contributed by atoms with Crippen LogP contribution in [-0.2, 0) is 15.9 Å². The molecule has 0 unspecified atom stereocenters. The van der Waals surface area contributed by atoms with E-state index < -0.39 is 18.3 Å². The van der Waals surface area contributed by atoms with Gasteiger partial charge in [-0.05, 0) is 45.7 Å². The lowest BCUT2D eigenvalue weighted by atomic mass is 9.77. The maximum Gasteiger partial charge on any atom is 0.498 e. The van der Waals surface area contributed by atoms with Gasteiger partial charge in [-0.15, -0.1) is 0 Å². The maximum atomic E-state index is 14.8. The predicted molar refractivity (Wildman–Crippen MR) is 97.6 cm³/mol. The Balaban J connectivity index is 1.91. The first-order chi connectivity index (χ1) is 11.7. The highest BCUT2D eigenvalue weighted by molar-refractivity contribution is 6.63. The van der Waals surface area contributed by atoms with Gasteiger partial charge in [-0.25, -0.2) is 4.39 Å². The van der Waals surface area contributed by atoms with Crippen LogP contribution in [0.2, 0.25) is 0 Å². The van der Waals surface area contributed by atoms with E-state index in [2.05, 4.69) is 0 Å². The molecule has 132 valence electrons. The van der Waals surface area contributed by atoms with Gasteiger partial charge >= 0.3 is 7.12 Å². The molecule has 1 aliphatic rings. The van der Waals surface area contributed by atoms with Gasteiger partial charge in [0.05, 0.1) is 11.2 Å². The van der Waals surface area contributed by atoms with E-state index in [9.17, 15) is 4.39 Å². The standard InChI is InChI=1S/C20H24BFO3/c1-14-11-12-16(21-24-19(2,3)20(4,5)25-21)18(17(14)22)23-13-15-9-7-6-8-10-15/h6-12H,13H2,1-5H3. The molecule has 2 aromatic carbocycles. The van der Waals surface area contributed by atoms with Gasteiger partial charge in [0, 0.05) is 5.46 Å². The average Bonchev–Trinajstić information content (AvgIpc) is 2.77. The normalized spacial score (nSPS) is 18.4. The summed E-state index contributed by atoms with van der Waals surface area (Å²) in [6.45, 7) is 9.90. The second kappa shape index (κ2) is 6.47. The molecule has 3 nitrogen and oxygen atoms in total. The molecule has 0 radical (unpaired) electrons. The van der Waals surface area contributed by atoms with Gasteiger partial charge in [-0.3, -0.25) is 0 Å². The van der Waals surface area contributed by atoms with Gasteiger partial charge in [-0.1, -0.05) is 42.5 Å². The molecular weight excluding hydrogens is 318 g/mol. The number of hydrogen-bond acceptors (Lipinski definition) is 3. The van der Waals surface area contributed by atoms with Gasteiger partial charge in [0.1, 0.15) is 6.61 Å². The van der Waals surface area contributed by atoms with E-state index in [4.69, 9.17) is 14.0 Å². The van der Waals surface area contributed by atoms with Crippen LogP contribution in [0, 0.1) is 12.7 Å². The summed E-state index contributed by atoms with van der Waals surface area (Å²) in [5.74, 6) is -0.175. The maximum absolute atomic E-state index is 14.8. The monoisotopic (exact) mass is 342 g/mol. The van der Waals surface area contributed by atoms with E-state index in [0.29, 0.717) is 11.0 Å². The Morgan fingerprint density at radius 1 is 0.960 bits per heavy atom. The summed E-state index contributed by atoms with van der Waals surface area (Å²) in [5.41, 5.74) is 1.11. The molecule has 0 spiro atoms. The minimum atomic E-state index is -0.661. The van der Waals surface area contributed by atoms with Crippen molar-refractivity contribution in [1.29, 1.82) is 0 Å². The summed E-state index contributed by atoms with van der Waals surface area (Å²) < 4.78 is 32.8. The Morgan fingerprint density at radius 2 is 1.56 bits per heavy atom. The molecule has 2 aromatic rings. The van der Waals surface area contributed by atoms with E-state index >= 15 is 0 Å². The first-order valence-corrected chi connectivity index (χ1v) is 8.53. The van der Waals surface area contributed by atoms with Crippen molar-refractivity contribution in [1.82, 2.24) is 0 Å². The number of aryl methyl sites for hydroxylation is 1. The topological polar surface area (TPSA) is 27.7 Å². The number of rotatable bonds is 4. The Morgan fingerprint density at radius 3 is 2.16 bits per heavy atom. The lowest BCUT2D eigenvalue weighted by Gasteiger charge is -2.32. The zero-order chi connectivity index (χ0) is 18.2. The quantitative estimate of drug-likeness (QED) is 0.786. The minimum absolute atomic E-state index is 0.197. The largest absolute Gasteiger partial charge is 0.498 e. The molecule has 5 heteroatoms. The smallest absolute Gasteiger partial charge is 0.486 e. The second-order valence-electron chi connectivity index (χ2n) is 7.48. The number of ether oxygens (including phenoxy) is 1. The predicted octanol–water partition coefficient (Wildman–Crippen LogP) is 4.01. The fourth-order valence-corrected chi connectivity index (χ4v) is 2.70. The summed E-state index contributed by atoms with van der Waals surface area (Å²) in [6, 6.07) is 13.2. The van der Waals surface area contributed by atoms with E-state index in [1.54, 1.807) is 13.0 Å². The van der Waals surface area contributed by atoms with Gasteiger partial charge in [0.2, 0.25) is 0 Å². The van der Waals surface area contributed by atoms with E-state index in [1.807, 2.05) is 64.1 Å². The molecule has 0 saturated carbocycles. The average molecular weight is 342 g/mol. The van der Waals surface area contributed by atoms with Crippen molar-refractivity contribution in [2.75, 3.05) is 0 Å². The highest BCUT2D eigenvalue weighted by Crippen LogP contribution is 2.37. The Bertz CT molecular complexity index is 743. The molecule has 0 amide bonds. The number of halogens is 1. The van der Waals surface area contributed by atoms with Crippen molar-refractivity contribution in [3.05, 3.63) is 59.4 Å². The fourth-order valence-electron chi connectivity index (χ4n) is 2.70. The van der Waals surface area contributed by atoms with Crippen LogP contribution in [0.5, 0.6) is 5.75 Å². The summed E-state index contributed by atoms with van der Waals surface area (Å²) in [4.78, 5) is 0. The molecule has 0 N–H and O–H groups in total. The molecule has 0 atom stereocenters. The van der Waals surface area contributed by atoms with Crippen molar-refractivity contribution in [2.45, 2.75) is 52.4 Å². The lowest BCUT2D eigenvalue weighted by Crippen LogP contribution is -2.41. The van der Waals surface area contributed by atoms with Crippen LogP contribution in [0.15, 0.2) is 42.5 Å². The Hall–Kier alpha value is -1.85. The van der Waals surface area contributed by atoms with Crippen LogP contribution in [-0.4, -0.2) is 18.3 Å². The second-order valence-corrected chi connectivity index (χ2v) is 7.48. The summed E-state index contributed by atoms with van der Waals surface area (Å²) in [6.07, 6.45) is 0. The van der Waals surface area contributed by atoms with Crippen LogP contribution in [0.3, 0.4) is 0 Å². The van der Waals surface area contributed by atoms with Crippen molar-refractivity contribution in [2.24, 2.45) is 0 Å². The molecule has 1 fully saturated rings. The van der Waals surface area contributed by atoms with Crippen LogP contribution in [0.4, 0.5) is 4.39 Å². The van der Waals surface area contributed by atoms with Crippen molar-refractivity contribution in [3.8, 4) is 5.75 Å². The van der Waals surface area contributed by atoms with E-state index in [0.717, 1.165) is 5.56 Å². The van der Waals surface area contributed by atoms with Gasteiger partial charge in [0.15, 0.2) is 11.6 Å².